The number of hydrogen-bond donors (Lipinski definition) is 0. The summed E-state index contributed by atoms with van der Waals surface area (Å²) in [6, 6.07) is 0. The SMILES string of the molecule is C=C1CCC/C1=P/P=C(\C)C(C)C. The molecule has 0 aromatic carbocycles. The first-order chi connectivity index (χ1) is 6.11. The Morgan fingerprint density at radius 2 is 2.08 bits per heavy atom. The zero-order valence-electron chi connectivity index (χ0n) is 8.80. The van der Waals surface area contributed by atoms with Gasteiger partial charge >= 0.3 is 0 Å². The highest BCUT2D eigenvalue weighted by Gasteiger charge is 2.10. The van der Waals surface area contributed by atoms with Crippen LogP contribution in [0.25, 0.3) is 0 Å². The maximum atomic E-state index is 4.10. The molecule has 0 atom stereocenters. The van der Waals surface area contributed by atoms with Crippen molar-refractivity contribution in [3.05, 3.63) is 12.2 Å². The first-order valence-electron chi connectivity index (χ1n) is 4.90. The van der Waals surface area contributed by atoms with Crippen LogP contribution in [-0.2, 0) is 0 Å². The van der Waals surface area contributed by atoms with E-state index in [-0.39, 0.29) is 0 Å². The molecule has 1 rings (SSSR count). The monoisotopic (exact) mass is 212 g/mol. The van der Waals surface area contributed by atoms with Gasteiger partial charge in [-0.2, -0.15) is 0 Å². The summed E-state index contributed by atoms with van der Waals surface area (Å²) in [6.45, 7) is 10.9. The maximum absolute atomic E-state index is 4.10. The average Bonchev–Trinajstić information content (AvgIpc) is 2.47. The van der Waals surface area contributed by atoms with Gasteiger partial charge in [-0.15, -0.1) is 0 Å². The Labute approximate surface area is 84.9 Å². The van der Waals surface area contributed by atoms with Crippen LogP contribution in [0, 0.1) is 5.92 Å². The molecule has 0 unspecified atom stereocenters. The Hall–Kier alpha value is 0.0800. The third-order valence-electron chi connectivity index (χ3n) is 2.46. The van der Waals surface area contributed by atoms with Crippen molar-refractivity contribution in [2.75, 3.05) is 0 Å². The van der Waals surface area contributed by atoms with Gasteiger partial charge in [-0.05, 0) is 64.1 Å². The van der Waals surface area contributed by atoms with Gasteiger partial charge in [0.1, 0.15) is 0 Å². The predicted molar refractivity (Wildman–Crippen MR) is 67.4 cm³/mol. The molecule has 0 aliphatic heterocycles. The van der Waals surface area contributed by atoms with E-state index in [2.05, 4.69) is 27.4 Å². The second-order valence-electron chi connectivity index (χ2n) is 3.90. The minimum absolute atomic E-state index is 0.726. The van der Waals surface area contributed by atoms with Crippen molar-refractivity contribution in [2.24, 2.45) is 5.92 Å². The lowest BCUT2D eigenvalue weighted by Gasteiger charge is -2.01. The molecule has 2 heteroatoms. The summed E-state index contributed by atoms with van der Waals surface area (Å²) in [5.74, 6) is 0.726. The highest BCUT2D eigenvalue weighted by molar-refractivity contribution is 8.11. The van der Waals surface area contributed by atoms with Gasteiger partial charge in [0, 0.05) is 0 Å². The number of allylic oxidation sites excluding steroid dienone is 1. The number of rotatable bonds is 2. The Bertz CT molecular complexity index is 259. The molecule has 72 valence electrons. The molecule has 0 saturated heterocycles. The molecule has 0 aromatic rings. The van der Waals surface area contributed by atoms with Crippen LogP contribution in [0.4, 0.5) is 0 Å². The second-order valence-corrected chi connectivity index (χ2v) is 6.75. The first-order valence-corrected chi connectivity index (χ1v) is 7.40. The van der Waals surface area contributed by atoms with Gasteiger partial charge in [0.05, 0.1) is 0 Å². The Kier molecular flexibility index (Phi) is 4.36. The molecule has 0 radical (unpaired) electrons. The Morgan fingerprint density at radius 1 is 1.38 bits per heavy atom. The van der Waals surface area contributed by atoms with Crippen LogP contribution in [0.5, 0.6) is 0 Å². The molecule has 1 aliphatic rings. The van der Waals surface area contributed by atoms with Crippen LogP contribution in [-0.4, -0.2) is 10.6 Å². The smallest absolute Gasteiger partial charge is 0.0135 e. The maximum Gasteiger partial charge on any atom is -0.0135 e. The van der Waals surface area contributed by atoms with Gasteiger partial charge in [0.15, 0.2) is 0 Å². The van der Waals surface area contributed by atoms with Gasteiger partial charge in [0.25, 0.3) is 0 Å². The minimum Gasteiger partial charge on any atom is -0.0952 e. The lowest BCUT2D eigenvalue weighted by molar-refractivity contribution is 0.896. The van der Waals surface area contributed by atoms with Gasteiger partial charge in [0.2, 0.25) is 0 Å². The quantitative estimate of drug-likeness (QED) is 0.589. The molecule has 0 spiro atoms. The molecule has 1 aliphatic carbocycles. The van der Waals surface area contributed by atoms with E-state index in [0.29, 0.717) is 0 Å². The van der Waals surface area contributed by atoms with Crippen molar-refractivity contribution >= 4 is 26.4 Å². The molecule has 13 heavy (non-hydrogen) atoms. The van der Waals surface area contributed by atoms with Crippen LogP contribution in [0.15, 0.2) is 12.2 Å². The Morgan fingerprint density at radius 3 is 2.54 bits per heavy atom. The minimum atomic E-state index is 0.726. The van der Waals surface area contributed by atoms with Crippen LogP contribution < -0.4 is 0 Å². The summed E-state index contributed by atoms with van der Waals surface area (Å²) >= 11 is 0. The summed E-state index contributed by atoms with van der Waals surface area (Å²) in [5.41, 5.74) is 1.41. The van der Waals surface area contributed by atoms with Crippen molar-refractivity contribution < 1.29 is 0 Å². The molecule has 0 nitrogen and oxygen atoms in total. The molecule has 0 bridgehead atoms. The van der Waals surface area contributed by atoms with Crippen molar-refractivity contribution in [1.29, 1.82) is 0 Å². The third-order valence-corrected chi connectivity index (χ3v) is 6.15. The fraction of sp³-hybridized carbons (Fsp3) is 0.636. The third kappa shape index (κ3) is 3.37. The van der Waals surface area contributed by atoms with Crippen molar-refractivity contribution in [2.45, 2.75) is 40.0 Å². The van der Waals surface area contributed by atoms with E-state index in [1.807, 2.05) is 0 Å². The predicted octanol–water partition coefficient (Wildman–Crippen LogP) is 4.55. The van der Waals surface area contributed by atoms with E-state index in [1.54, 1.807) is 10.6 Å². The van der Waals surface area contributed by atoms with Gasteiger partial charge in [-0.1, -0.05) is 20.4 Å². The zero-order valence-corrected chi connectivity index (χ0v) is 10.6. The summed E-state index contributed by atoms with van der Waals surface area (Å²) < 4.78 is 0. The van der Waals surface area contributed by atoms with Gasteiger partial charge in [-0.3, -0.25) is 0 Å². The summed E-state index contributed by atoms with van der Waals surface area (Å²) in [6.07, 6.45) is 3.86. The molecule has 0 amide bonds. The van der Waals surface area contributed by atoms with E-state index < -0.39 is 0 Å². The highest BCUT2D eigenvalue weighted by atomic mass is 32.0. The van der Waals surface area contributed by atoms with Crippen molar-refractivity contribution in [3.63, 3.8) is 0 Å². The topological polar surface area (TPSA) is 0 Å². The second kappa shape index (κ2) is 5.08. The molecule has 1 fully saturated rings. The van der Waals surface area contributed by atoms with Crippen LogP contribution in [0.3, 0.4) is 0 Å². The lowest BCUT2D eigenvalue weighted by atomic mass is 10.2. The van der Waals surface area contributed by atoms with Gasteiger partial charge < -0.3 is 0 Å². The van der Waals surface area contributed by atoms with E-state index in [1.165, 1.54) is 40.6 Å². The summed E-state index contributed by atoms with van der Waals surface area (Å²) in [7, 11) is 2.97. The standard InChI is InChI=1S/C11H18P2/c1-8(2)10(4)12-13-11-7-5-6-9(11)3/h8H,3,5-7H2,1-2,4H3. The molecule has 0 aromatic heterocycles. The first kappa shape index (κ1) is 11.2. The fourth-order valence-corrected chi connectivity index (χ4v) is 4.44. The molecular formula is C11H18P2. The molecule has 0 heterocycles. The zero-order chi connectivity index (χ0) is 9.84. The van der Waals surface area contributed by atoms with Crippen molar-refractivity contribution in [3.8, 4) is 0 Å². The Balaban J connectivity index is 2.66. The van der Waals surface area contributed by atoms with Gasteiger partial charge in [-0.25, -0.2) is 0 Å². The van der Waals surface area contributed by atoms with E-state index in [9.17, 15) is 0 Å². The normalized spacial score (nSPS) is 22.0. The van der Waals surface area contributed by atoms with E-state index in [0.717, 1.165) is 5.92 Å². The van der Waals surface area contributed by atoms with E-state index >= 15 is 0 Å². The molecular weight excluding hydrogens is 194 g/mol. The number of hydrogen-bond acceptors (Lipinski definition) is 0. The lowest BCUT2D eigenvalue weighted by Crippen LogP contribution is -1.96. The largest absolute Gasteiger partial charge is 0.0952 e. The van der Waals surface area contributed by atoms with Crippen LogP contribution in [0.2, 0.25) is 0 Å². The summed E-state index contributed by atoms with van der Waals surface area (Å²) in [4.78, 5) is 0. The molecule has 0 N–H and O–H groups in total. The van der Waals surface area contributed by atoms with E-state index in [4.69, 9.17) is 0 Å². The molecule has 1 saturated carbocycles. The van der Waals surface area contributed by atoms with Crippen LogP contribution in [0.1, 0.15) is 40.0 Å². The summed E-state index contributed by atoms with van der Waals surface area (Å²) in [5, 5.41) is 3.19. The van der Waals surface area contributed by atoms with Crippen LogP contribution >= 0.6 is 15.8 Å². The average molecular weight is 212 g/mol. The van der Waals surface area contributed by atoms with Crippen molar-refractivity contribution in [1.82, 2.24) is 0 Å². The highest BCUT2D eigenvalue weighted by Crippen LogP contribution is 2.32. The fourth-order valence-electron chi connectivity index (χ4n) is 1.17.